The molecule has 0 bridgehead atoms. The largest absolute Gasteiger partial charge is 0.313 e. The molecular formula is C14H18N2O2. The number of hydrogen-bond acceptors (Lipinski definition) is 3. The zero-order valence-corrected chi connectivity index (χ0v) is 10.6. The maximum Gasteiger partial charge on any atom is 0.269 e. The number of non-ortho nitro benzene ring substituents is 1. The summed E-state index contributed by atoms with van der Waals surface area (Å²) in [6.07, 6.45) is 7.86. The van der Waals surface area contributed by atoms with E-state index in [1.165, 1.54) is 12.1 Å². The van der Waals surface area contributed by atoms with Crippen LogP contribution in [0.25, 0.3) is 0 Å². The van der Waals surface area contributed by atoms with Crippen LogP contribution in [0.15, 0.2) is 24.3 Å². The van der Waals surface area contributed by atoms with Gasteiger partial charge in [0.05, 0.1) is 4.92 Å². The van der Waals surface area contributed by atoms with Crippen LogP contribution in [0, 0.1) is 22.5 Å². The van der Waals surface area contributed by atoms with Gasteiger partial charge in [-0.05, 0) is 24.9 Å². The lowest BCUT2D eigenvalue weighted by Gasteiger charge is -2.13. The number of nitro benzene ring substituents is 1. The minimum atomic E-state index is -0.387. The van der Waals surface area contributed by atoms with E-state index in [0.717, 1.165) is 31.4 Å². The summed E-state index contributed by atoms with van der Waals surface area (Å²) < 4.78 is 0. The first-order valence-corrected chi connectivity index (χ1v) is 6.07. The Morgan fingerprint density at radius 2 is 2.11 bits per heavy atom. The van der Waals surface area contributed by atoms with Crippen LogP contribution in [0.3, 0.4) is 0 Å². The second-order valence-electron chi connectivity index (χ2n) is 4.14. The van der Waals surface area contributed by atoms with E-state index < -0.39 is 0 Å². The summed E-state index contributed by atoms with van der Waals surface area (Å²) >= 11 is 0. The predicted molar refractivity (Wildman–Crippen MR) is 72.3 cm³/mol. The average molecular weight is 246 g/mol. The molecular weight excluding hydrogens is 228 g/mol. The Morgan fingerprint density at radius 3 is 2.61 bits per heavy atom. The highest BCUT2D eigenvalue weighted by molar-refractivity contribution is 5.32. The van der Waals surface area contributed by atoms with Crippen molar-refractivity contribution in [2.24, 2.45) is 0 Å². The third-order valence-electron chi connectivity index (χ3n) is 2.85. The van der Waals surface area contributed by atoms with Crippen molar-refractivity contribution >= 4 is 5.69 Å². The third-order valence-corrected chi connectivity index (χ3v) is 2.85. The lowest BCUT2D eigenvalue weighted by molar-refractivity contribution is -0.384. The van der Waals surface area contributed by atoms with Crippen LogP contribution in [0.2, 0.25) is 0 Å². The summed E-state index contributed by atoms with van der Waals surface area (Å²) in [5, 5.41) is 13.9. The number of rotatable bonds is 7. The van der Waals surface area contributed by atoms with Crippen LogP contribution in [-0.2, 0) is 6.42 Å². The Hall–Kier alpha value is -1.86. The Morgan fingerprint density at radius 1 is 1.44 bits per heavy atom. The first-order valence-electron chi connectivity index (χ1n) is 6.07. The van der Waals surface area contributed by atoms with Gasteiger partial charge < -0.3 is 5.32 Å². The van der Waals surface area contributed by atoms with Gasteiger partial charge in [-0.2, -0.15) is 0 Å². The molecule has 96 valence electrons. The van der Waals surface area contributed by atoms with E-state index in [1.54, 1.807) is 12.1 Å². The summed E-state index contributed by atoms with van der Waals surface area (Å²) in [7, 11) is 0. The van der Waals surface area contributed by atoms with E-state index in [9.17, 15) is 10.1 Å². The average Bonchev–Trinajstić information content (AvgIpc) is 2.38. The van der Waals surface area contributed by atoms with Gasteiger partial charge in [0.1, 0.15) is 0 Å². The number of nitrogens with zero attached hydrogens (tertiary/aromatic N) is 1. The standard InChI is InChI=1S/C14H18N2O2/c1-3-5-13(4-2)15-11-10-12-6-8-14(9-7-12)16(17)18/h1,6-9,13,15H,4-5,10-11H2,2H3. The van der Waals surface area contributed by atoms with Gasteiger partial charge in [-0.15, -0.1) is 12.3 Å². The molecule has 1 N–H and O–H groups in total. The molecule has 0 spiro atoms. The molecule has 1 aromatic carbocycles. The van der Waals surface area contributed by atoms with Crippen molar-refractivity contribution in [3.05, 3.63) is 39.9 Å². The maximum absolute atomic E-state index is 10.5. The molecule has 4 nitrogen and oxygen atoms in total. The molecule has 0 radical (unpaired) electrons. The van der Waals surface area contributed by atoms with Gasteiger partial charge in [0, 0.05) is 24.6 Å². The van der Waals surface area contributed by atoms with Crippen LogP contribution < -0.4 is 5.32 Å². The van der Waals surface area contributed by atoms with Crippen LogP contribution in [0.5, 0.6) is 0 Å². The Balaban J connectivity index is 2.39. The molecule has 18 heavy (non-hydrogen) atoms. The van der Waals surface area contributed by atoms with Gasteiger partial charge in [-0.1, -0.05) is 19.1 Å². The highest BCUT2D eigenvalue weighted by atomic mass is 16.6. The van der Waals surface area contributed by atoms with Crippen molar-refractivity contribution in [2.75, 3.05) is 6.54 Å². The van der Waals surface area contributed by atoms with Crippen molar-refractivity contribution < 1.29 is 4.92 Å². The molecule has 0 aliphatic heterocycles. The SMILES string of the molecule is C#CCC(CC)NCCc1ccc([N+](=O)[O-])cc1. The number of nitro groups is 1. The van der Waals surface area contributed by atoms with Crippen LogP contribution in [0.4, 0.5) is 5.69 Å². The van der Waals surface area contributed by atoms with Gasteiger partial charge >= 0.3 is 0 Å². The van der Waals surface area contributed by atoms with Crippen molar-refractivity contribution in [1.82, 2.24) is 5.32 Å². The molecule has 0 saturated heterocycles. The van der Waals surface area contributed by atoms with Crippen LogP contribution in [0.1, 0.15) is 25.3 Å². The molecule has 0 fully saturated rings. The van der Waals surface area contributed by atoms with E-state index in [2.05, 4.69) is 18.2 Å². The Labute approximate surface area is 108 Å². The molecule has 1 atom stereocenters. The summed E-state index contributed by atoms with van der Waals surface area (Å²) in [6.45, 7) is 2.93. The molecule has 1 rings (SSSR count). The highest BCUT2D eigenvalue weighted by Gasteiger charge is 2.05. The zero-order chi connectivity index (χ0) is 13.4. The van der Waals surface area contributed by atoms with E-state index in [-0.39, 0.29) is 10.6 Å². The molecule has 0 saturated carbocycles. The molecule has 0 aliphatic carbocycles. The summed E-state index contributed by atoms with van der Waals surface area (Å²) in [5.74, 6) is 2.65. The fourth-order valence-electron chi connectivity index (χ4n) is 1.71. The second-order valence-corrected chi connectivity index (χ2v) is 4.14. The maximum atomic E-state index is 10.5. The van der Waals surface area contributed by atoms with Crippen molar-refractivity contribution in [1.29, 1.82) is 0 Å². The number of benzene rings is 1. The van der Waals surface area contributed by atoms with E-state index in [4.69, 9.17) is 6.42 Å². The fourth-order valence-corrected chi connectivity index (χ4v) is 1.71. The van der Waals surface area contributed by atoms with Crippen molar-refractivity contribution in [2.45, 2.75) is 32.2 Å². The minimum absolute atomic E-state index is 0.130. The molecule has 0 amide bonds. The number of terminal acetylenes is 1. The number of hydrogen-bond donors (Lipinski definition) is 1. The van der Waals surface area contributed by atoms with Gasteiger partial charge in [0.25, 0.3) is 5.69 Å². The first-order chi connectivity index (χ1) is 8.67. The fraction of sp³-hybridized carbons (Fsp3) is 0.429. The molecule has 1 unspecified atom stereocenters. The summed E-state index contributed by atoms with van der Waals surface area (Å²) in [5.41, 5.74) is 1.22. The number of nitrogens with one attached hydrogen (secondary N) is 1. The smallest absolute Gasteiger partial charge is 0.269 e. The minimum Gasteiger partial charge on any atom is -0.313 e. The molecule has 0 aliphatic rings. The van der Waals surface area contributed by atoms with Gasteiger partial charge in [-0.25, -0.2) is 0 Å². The second kappa shape index (κ2) is 7.46. The van der Waals surface area contributed by atoms with Crippen molar-refractivity contribution in [3.8, 4) is 12.3 Å². The van der Waals surface area contributed by atoms with Crippen LogP contribution >= 0.6 is 0 Å². The molecule has 1 aromatic rings. The van der Waals surface area contributed by atoms with Gasteiger partial charge in [-0.3, -0.25) is 10.1 Å². The van der Waals surface area contributed by atoms with Gasteiger partial charge in [0.2, 0.25) is 0 Å². The predicted octanol–water partition coefficient (Wildman–Crippen LogP) is 2.53. The quantitative estimate of drug-likeness (QED) is 0.457. The Kier molecular flexibility index (Phi) is 5.89. The molecule has 0 heterocycles. The van der Waals surface area contributed by atoms with E-state index in [0.29, 0.717) is 6.04 Å². The van der Waals surface area contributed by atoms with E-state index in [1.807, 2.05) is 0 Å². The normalized spacial score (nSPS) is 11.8. The molecule has 0 aromatic heterocycles. The monoisotopic (exact) mass is 246 g/mol. The lowest BCUT2D eigenvalue weighted by atomic mass is 10.1. The van der Waals surface area contributed by atoms with Crippen LogP contribution in [-0.4, -0.2) is 17.5 Å². The summed E-state index contributed by atoms with van der Waals surface area (Å²) in [4.78, 5) is 10.1. The molecule has 4 heteroatoms. The Bertz CT molecular complexity index is 420. The lowest BCUT2D eigenvalue weighted by Crippen LogP contribution is -2.29. The topological polar surface area (TPSA) is 55.2 Å². The van der Waals surface area contributed by atoms with Gasteiger partial charge in [0.15, 0.2) is 0 Å². The summed E-state index contributed by atoms with van der Waals surface area (Å²) in [6, 6.07) is 7.01. The highest BCUT2D eigenvalue weighted by Crippen LogP contribution is 2.12. The van der Waals surface area contributed by atoms with Crippen molar-refractivity contribution in [3.63, 3.8) is 0 Å². The van der Waals surface area contributed by atoms with E-state index >= 15 is 0 Å². The zero-order valence-electron chi connectivity index (χ0n) is 10.6. The first kappa shape index (κ1) is 14.2. The third kappa shape index (κ3) is 4.56.